The Morgan fingerprint density at radius 3 is 2.79 bits per heavy atom. The van der Waals surface area contributed by atoms with Gasteiger partial charge < -0.3 is 24.8 Å². The number of hydrogen-bond acceptors (Lipinski definition) is 6. The molecule has 3 rings (SSSR count). The van der Waals surface area contributed by atoms with Gasteiger partial charge in [0.15, 0.2) is 11.5 Å². The van der Waals surface area contributed by atoms with E-state index in [4.69, 9.17) is 14.2 Å². The van der Waals surface area contributed by atoms with Crippen LogP contribution in [0.15, 0.2) is 29.5 Å². The molecule has 0 saturated heterocycles. The first-order valence-electron chi connectivity index (χ1n) is 7.29. The third kappa shape index (κ3) is 2.90. The van der Waals surface area contributed by atoms with Crippen molar-refractivity contribution < 1.29 is 28.6 Å². The number of nitrogens with one attached hydrogen (secondary N) is 2. The van der Waals surface area contributed by atoms with Gasteiger partial charge in [-0.05, 0) is 19.1 Å². The predicted octanol–water partition coefficient (Wildman–Crippen LogP) is 0.937. The molecule has 0 saturated carbocycles. The molecular formula is C16H16N2O6. The Kier molecular flexibility index (Phi) is 4.11. The first kappa shape index (κ1) is 15.9. The average molecular weight is 332 g/mol. The lowest BCUT2D eigenvalue weighted by Crippen LogP contribution is -2.40. The molecule has 2 N–H and O–H groups in total. The van der Waals surface area contributed by atoms with Crippen molar-refractivity contribution in [1.29, 1.82) is 0 Å². The summed E-state index contributed by atoms with van der Waals surface area (Å²) in [6.07, 6.45) is -0.127. The fourth-order valence-electron chi connectivity index (χ4n) is 2.71. The number of esters is 1. The van der Waals surface area contributed by atoms with E-state index >= 15 is 0 Å². The molecular weight excluding hydrogens is 316 g/mol. The maximum absolute atomic E-state index is 12.6. The molecule has 24 heavy (non-hydrogen) atoms. The Balaban J connectivity index is 1.83. The van der Waals surface area contributed by atoms with Crippen LogP contribution in [-0.2, 0) is 19.1 Å². The van der Waals surface area contributed by atoms with E-state index in [1.54, 1.807) is 25.1 Å². The molecule has 2 amide bonds. The second kappa shape index (κ2) is 6.23. The predicted molar refractivity (Wildman–Crippen MR) is 82.2 cm³/mol. The van der Waals surface area contributed by atoms with Gasteiger partial charge in [-0.15, -0.1) is 0 Å². The van der Waals surface area contributed by atoms with Gasteiger partial charge >= 0.3 is 5.97 Å². The Bertz CT molecular complexity index is 755. The number of fused-ring (bicyclic) bond motifs is 1. The van der Waals surface area contributed by atoms with E-state index in [0.29, 0.717) is 22.9 Å². The third-order valence-corrected chi connectivity index (χ3v) is 3.83. The number of rotatable bonds is 3. The number of carbonyl (C=O) groups excluding carboxylic acids is 3. The SMILES string of the molecule is COC(=O)C1=C(C)NC(=O)C[C@H]1C(=O)Nc1ccc2c(c1)OCO2. The zero-order chi connectivity index (χ0) is 17.3. The molecule has 0 fully saturated rings. The van der Waals surface area contributed by atoms with Crippen LogP contribution in [0.3, 0.4) is 0 Å². The summed E-state index contributed by atoms with van der Waals surface area (Å²) in [6, 6.07) is 4.95. The highest BCUT2D eigenvalue weighted by Gasteiger charge is 2.36. The van der Waals surface area contributed by atoms with Crippen LogP contribution in [0.2, 0.25) is 0 Å². The fourth-order valence-corrected chi connectivity index (χ4v) is 2.71. The quantitative estimate of drug-likeness (QED) is 0.799. The maximum atomic E-state index is 12.6. The molecule has 0 bridgehead atoms. The lowest BCUT2D eigenvalue weighted by Gasteiger charge is -2.25. The van der Waals surface area contributed by atoms with Gasteiger partial charge in [-0.3, -0.25) is 9.59 Å². The summed E-state index contributed by atoms with van der Waals surface area (Å²) in [6.45, 7) is 1.69. The standard InChI is InChI=1S/C16H16N2O6/c1-8-14(16(21)22-2)10(6-13(19)17-8)15(20)18-9-3-4-11-12(5-9)24-7-23-11/h3-5,10H,6-7H2,1-2H3,(H,17,19)(H,18,20)/t10-/m1/s1. The first-order valence-corrected chi connectivity index (χ1v) is 7.29. The van der Waals surface area contributed by atoms with Crippen molar-refractivity contribution in [3.63, 3.8) is 0 Å². The molecule has 2 heterocycles. The number of carbonyl (C=O) groups is 3. The first-order chi connectivity index (χ1) is 11.5. The second-order valence-electron chi connectivity index (χ2n) is 5.39. The Morgan fingerprint density at radius 2 is 2.04 bits per heavy atom. The zero-order valence-electron chi connectivity index (χ0n) is 13.2. The summed E-state index contributed by atoms with van der Waals surface area (Å²) < 4.78 is 15.2. The topological polar surface area (TPSA) is 103 Å². The molecule has 0 aliphatic carbocycles. The zero-order valence-corrected chi connectivity index (χ0v) is 13.2. The Morgan fingerprint density at radius 1 is 1.29 bits per heavy atom. The molecule has 0 radical (unpaired) electrons. The average Bonchev–Trinajstić information content (AvgIpc) is 3.01. The second-order valence-corrected chi connectivity index (χ2v) is 5.39. The highest BCUT2D eigenvalue weighted by Crippen LogP contribution is 2.34. The van der Waals surface area contributed by atoms with Gasteiger partial charge in [0.2, 0.25) is 18.6 Å². The minimum absolute atomic E-state index is 0.127. The summed E-state index contributed by atoms with van der Waals surface area (Å²) in [7, 11) is 1.23. The number of allylic oxidation sites excluding steroid dienone is 1. The van der Waals surface area contributed by atoms with E-state index in [0.717, 1.165) is 0 Å². The number of amides is 2. The van der Waals surface area contributed by atoms with E-state index < -0.39 is 17.8 Å². The van der Waals surface area contributed by atoms with Crippen molar-refractivity contribution >= 4 is 23.5 Å². The van der Waals surface area contributed by atoms with Crippen molar-refractivity contribution in [3.05, 3.63) is 29.5 Å². The van der Waals surface area contributed by atoms with Crippen LogP contribution in [0.5, 0.6) is 11.5 Å². The summed E-state index contributed by atoms with van der Waals surface area (Å²) in [4.78, 5) is 36.3. The number of methoxy groups -OCH3 is 1. The minimum atomic E-state index is -0.920. The monoisotopic (exact) mass is 332 g/mol. The normalized spacial score (nSPS) is 18.9. The minimum Gasteiger partial charge on any atom is -0.466 e. The van der Waals surface area contributed by atoms with Crippen LogP contribution < -0.4 is 20.1 Å². The number of ether oxygens (including phenoxy) is 3. The van der Waals surface area contributed by atoms with Crippen LogP contribution in [0.25, 0.3) is 0 Å². The van der Waals surface area contributed by atoms with E-state index in [1.807, 2.05) is 0 Å². The van der Waals surface area contributed by atoms with E-state index in [9.17, 15) is 14.4 Å². The molecule has 8 heteroatoms. The van der Waals surface area contributed by atoms with Gasteiger partial charge in [0.05, 0.1) is 18.6 Å². The molecule has 1 atom stereocenters. The number of hydrogen-bond donors (Lipinski definition) is 2. The lowest BCUT2D eigenvalue weighted by molar-refractivity contribution is -0.139. The van der Waals surface area contributed by atoms with Crippen molar-refractivity contribution in [2.75, 3.05) is 19.2 Å². The smallest absolute Gasteiger partial charge is 0.336 e. The third-order valence-electron chi connectivity index (χ3n) is 3.83. The van der Waals surface area contributed by atoms with Gasteiger partial charge in [0, 0.05) is 23.9 Å². The summed E-state index contributed by atoms with van der Waals surface area (Å²) in [5.41, 5.74) is 0.955. The van der Waals surface area contributed by atoms with E-state index in [1.165, 1.54) is 7.11 Å². The van der Waals surface area contributed by atoms with Crippen molar-refractivity contribution in [1.82, 2.24) is 5.32 Å². The summed E-state index contributed by atoms with van der Waals surface area (Å²) >= 11 is 0. The van der Waals surface area contributed by atoms with Crippen LogP contribution in [0.4, 0.5) is 5.69 Å². The van der Waals surface area contributed by atoms with Crippen LogP contribution in [0.1, 0.15) is 13.3 Å². The van der Waals surface area contributed by atoms with Crippen molar-refractivity contribution in [3.8, 4) is 11.5 Å². The summed E-state index contributed by atoms with van der Waals surface area (Å²) in [5.74, 6) is -1.24. The number of benzene rings is 1. The number of anilines is 1. The van der Waals surface area contributed by atoms with E-state index in [2.05, 4.69) is 10.6 Å². The van der Waals surface area contributed by atoms with Gasteiger partial charge in [0.25, 0.3) is 0 Å². The van der Waals surface area contributed by atoms with Crippen molar-refractivity contribution in [2.45, 2.75) is 13.3 Å². The molecule has 2 aliphatic rings. The molecule has 0 aromatic heterocycles. The highest BCUT2D eigenvalue weighted by molar-refractivity contribution is 6.06. The highest BCUT2D eigenvalue weighted by atomic mass is 16.7. The summed E-state index contributed by atoms with van der Waals surface area (Å²) in [5, 5.41) is 5.25. The van der Waals surface area contributed by atoms with Gasteiger partial charge in [-0.25, -0.2) is 4.79 Å². The van der Waals surface area contributed by atoms with Gasteiger partial charge in [0.1, 0.15) is 0 Å². The molecule has 0 spiro atoms. The lowest BCUT2D eigenvalue weighted by atomic mass is 9.89. The largest absolute Gasteiger partial charge is 0.466 e. The Hall–Kier alpha value is -3.03. The van der Waals surface area contributed by atoms with Gasteiger partial charge in [-0.1, -0.05) is 0 Å². The Labute approximate surface area is 137 Å². The maximum Gasteiger partial charge on any atom is 0.336 e. The van der Waals surface area contributed by atoms with E-state index in [-0.39, 0.29) is 24.7 Å². The molecule has 8 nitrogen and oxygen atoms in total. The molecule has 0 unspecified atom stereocenters. The van der Waals surface area contributed by atoms with Crippen LogP contribution in [0, 0.1) is 5.92 Å². The van der Waals surface area contributed by atoms with Crippen LogP contribution >= 0.6 is 0 Å². The van der Waals surface area contributed by atoms with Crippen molar-refractivity contribution in [2.24, 2.45) is 5.92 Å². The van der Waals surface area contributed by atoms with Gasteiger partial charge in [-0.2, -0.15) is 0 Å². The molecule has 2 aliphatic heterocycles. The molecule has 1 aromatic rings. The fraction of sp³-hybridized carbons (Fsp3) is 0.312. The molecule has 1 aromatic carbocycles. The molecule has 126 valence electrons. The van der Waals surface area contributed by atoms with Crippen LogP contribution in [-0.4, -0.2) is 31.7 Å².